The Morgan fingerprint density at radius 2 is 1.95 bits per heavy atom. The lowest BCUT2D eigenvalue weighted by atomic mass is 10.1. The van der Waals surface area contributed by atoms with Crippen LogP contribution in [0.3, 0.4) is 0 Å². The van der Waals surface area contributed by atoms with E-state index in [1.165, 1.54) is 0 Å². The van der Waals surface area contributed by atoms with Gasteiger partial charge >= 0.3 is 5.97 Å². The van der Waals surface area contributed by atoms with Crippen LogP contribution in [0.5, 0.6) is 5.75 Å². The first-order valence-corrected chi connectivity index (χ1v) is 5.84. The number of hydrogen-bond donors (Lipinski definition) is 0. The van der Waals surface area contributed by atoms with E-state index in [4.69, 9.17) is 4.74 Å². The molecule has 0 bridgehead atoms. The molecule has 3 nitrogen and oxygen atoms in total. The lowest BCUT2D eigenvalue weighted by molar-refractivity contribution is 0.0316. The fourth-order valence-electron chi connectivity index (χ4n) is 1.62. The maximum atomic E-state index is 13.8. The summed E-state index contributed by atoms with van der Waals surface area (Å²) >= 11 is 0. The third kappa shape index (κ3) is 3.39. The highest BCUT2D eigenvalue weighted by molar-refractivity contribution is 5.90. The summed E-state index contributed by atoms with van der Waals surface area (Å²) < 4.78 is 49.5. The van der Waals surface area contributed by atoms with Crippen molar-refractivity contribution in [2.45, 2.75) is 32.8 Å². The Labute approximate surface area is 109 Å². The zero-order chi connectivity index (χ0) is 14.6. The van der Waals surface area contributed by atoms with Gasteiger partial charge < -0.3 is 9.47 Å². The molecule has 0 fully saturated rings. The number of methoxy groups -OCH3 is 1. The largest absolute Gasteiger partial charge is 0.491 e. The Morgan fingerprint density at radius 3 is 2.47 bits per heavy atom. The van der Waals surface area contributed by atoms with E-state index in [9.17, 15) is 18.0 Å². The van der Waals surface area contributed by atoms with Gasteiger partial charge in [-0.05, 0) is 19.4 Å². The molecule has 0 heterocycles. The van der Waals surface area contributed by atoms with Crippen LogP contribution in [0.15, 0.2) is 6.07 Å². The minimum absolute atomic E-state index is 0.434. The number of benzene rings is 1. The number of rotatable bonds is 5. The van der Waals surface area contributed by atoms with Gasteiger partial charge in [0, 0.05) is 0 Å². The minimum Gasteiger partial charge on any atom is -0.491 e. The minimum atomic E-state index is -1.47. The Balaban J connectivity index is 3.07. The predicted octanol–water partition coefficient (Wildman–Crippen LogP) is 3.46. The van der Waals surface area contributed by atoms with Crippen LogP contribution >= 0.6 is 0 Å². The van der Waals surface area contributed by atoms with E-state index >= 15 is 0 Å². The van der Waals surface area contributed by atoms with Crippen molar-refractivity contribution in [2.75, 3.05) is 7.11 Å². The fourth-order valence-corrected chi connectivity index (χ4v) is 1.62. The lowest BCUT2D eigenvalue weighted by Crippen LogP contribution is -2.17. The standard InChI is InChI=1S/C13H15F3O3/c1-4-5-7(2)19-13(17)8-6-9(14)11(16)12(18-3)10(8)15/h6-7H,4-5H2,1-3H3. The van der Waals surface area contributed by atoms with Crippen LogP contribution in [0.4, 0.5) is 13.2 Å². The Bertz CT molecular complexity index is 475. The first kappa shape index (κ1) is 15.3. The van der Waals surface area contributed by atoms with Crippen LogP contribution in [-0.4, -0.2) is 19.2 Å². The molecule has 0 aromatic heterocycles. The normalized spacial score (nSPS) is 12.1. The molecule has 0 N–H and O–H groups in total. The van der Waals surface area contributed by atoms with Crippen LogP contribution < -0.4 is 4.74 Å². The van der Waals surface area contributed by atoms with E-state index < -0.39 is 40.8 Å². The molecule has 0 aliphatic rings. The SMILES string of the molecule is CCCC(C)OC(=O)c1cc(F)c(F)c(OC)c1F. The van der Waals surface area contributed by atoms with E-state index in [-0.39, 0.29) is 0 Å². The third-order valence-corrected chi connectivity index (χ3v) is 2.54. The summed E-state index contributed by atoms with van der Waals surface area (Å²) in [5.41, 5.74) is -0.682. The molecule has 106 valence electrons. The van der Waals surface area contributed by atoms with Crippen molar-refractivity contribution in [3.8, 4) is 5.75 Å². The quantitative estimate of drug-likeness (QED) is 0.610. The lowest BCUT2D eigenvalue weighted by Gasteiger charge is -2.13. The second-order valence-corrected chi connectivity index (χ2v) is 4.07. The van der Waals surface area contributed by atoms with Crippen molar-refractivity contribution in [1.29, 1.82) is 0 Å². The van der Waals surface area contributed by atoms with Crippen LogP contribution in [0.25, 0.3) is 0 Å². The fraction of sp³-hybridized carbons (Fsp3) is 0.462. The van der Waals surface area contributed by atoms with Crippen molar-refractivity contribution >= 4 is 5.97 Å². The van der Waals surface area contributed by atoms with Crippen molar-refractivity contribution in [2.24, 2.45) is 0 Å². The summed E-state index contributed by atoms with van der Waals surface area (Å²) in [7, 11) is 0.982. The monoisotopic (exact) mass is 276 g/mol. The molecule has 1 unspecified atom stereocenters. The first-order valence-electron chi connectivity index (χ1n) is 5.84. The number of carbonyl (C=O) groups excluding carboxylic acids is 1. The topological polar surface area (TPSA) is 35.5 Å². The van der Waals surface area contributed by atoms with Gasteiger partial charge in [-0.1, -0.05) is 13.3 Å². The van der Waals surface area contributed by atoms with Crippen LogP contribution in [0.2, 0.25) is 0 Å². The predicted molar refractivity (Wildman–Crippen MR) is 62.7 cm³/mol. The summed E-state index contributed by atoms with van der Waals surface area (Å²) in [6.07, 6.45) is 0.933. The molecule has 0 aliphatic heterocycles. The van der Waals surface area contributed by atoms with E-state index in [1.807, 2.05) is 6.92 Å². The molecule has 0 aliphatic carbocycles. The number of hydrogen-bond acceptors (Lipinski definition) is 3. The molecule has 1 aromatic rings. The molecule has 0 radical (unpaired) electrons. The molecule has 6 heteroatoms. The summed E-state index contributed by atoms with van der Waals surface area (Å²) in [6.45, 7) is 3.53. The van der Waals surface area contributed by atoms with Crippen molar-refractivity contribution in [3.63, 3.8) is 0 Å². The zero-order valence-corrected chi connectivity index (χ0v) is 10.9. The summed E-state index contributed by atoms with van der Waals surface area (Å²) in [5, 5.41) is 0. The highest BCUT2D eigenvalue weighted by atomic mass is 19.2. The van der Waals surface area contributed by atoms with E-state index in [0.717, 1.165) is 13.5 Å². The average Bonchev–Trinajstić information content (AvgIpc) is 2.34. The second kappa shape index (κ2) is 6.45. The van der Waals surface area contributed by atoms with Gasteiger partial charge in [-0.3, -0.25) is 0 Å². The molecule has 19 heavy (non-hydrogen) atoms. The summed E-state index contributed by atoms with van der Waals surface area (Å²) in [5.74, 6) is -6.09. The molecule has 1 aromatic carbocycles. The van der Waals surface area contributed by atoms with Crippen molar-refractivity contribution in [3.05, 3.63) is 29.1 Å². The molecule has 1 rings (SSSR count). The van der Waals surface area contributed by atoms with Crippen LogP contribution in [0.1, 0.15) is 37.0 Å². The molecular formula is C13H15F3O3. The molecule has 1 atom stereocenters. The van der Waals surface area contributed by atoms with Gasteiger partial charge in [-0.2, -0.15) is 4.39 Å². The van der Waals surface area contributed by atoms with Crippen molar-refractivity contribution < 1.29 is 27.4 Å². The van der Waals surface area contributed by atoms with Gasteiger partial charge in [0.15, 0.2) is 17.4 Å². The smallest absolute Gasteiger partial charge is 0.341 e. The van der Waals surface area contributed by atoms with E-state index in [1.54, 1.807) is 6.92 Å². The first-order chi connectivity index (χ1) is 8.92. The molecule has 0 amide bonds. The number of halogens is 3. The molecule has 0 spiro atoms. The Hall–Kier alpha value is -1.72. The van der Waals surface area contributed by atoms with Crippen LogP contribution in [0, 0.1) is 17.5 Å². The van der Waals surface area contributed by atoms with E-state index in [0.29, 0.717) is 12.5 Å². The van der Waals surface area contributed by atoms with Gasteiger partial charge in [0.25, 0.3) is 0 Å². The third-order valence-electron chi connectivity index (χ3n) is 2.54. The average molecular weight is 276 g/mol. The number of ether oxygens (including phenoxy) is 2. The second-order valence-electron chi connectivity index (χ2n) is 4.07. The number of esters is 1. The Morgan fingerprint density at radius 1 is 1.32 bits per heavy atom. The molecule has 0 saturated heterocycles. The maximum Gasteiger partial charge on any atom is 0.341 e. The van der Waals surface area contributed by atoms with Gasteiger partial charge in [-0.25, -0.2) is 13.6 Å². The van der Waals surface area contributed by atoms with Crippen LogP contribution in [-0.2, 0) is 4.74 Å². The summed E-state index contributed by atoms with van der Waals surface area (Å²) in [4.78, 5) is 11.7. The molecule has 0 saturated carbocycles. The molecular weight excluding hydrogens is 261 g/mol. The van der Waals surface area contributed by atoms with Gasteiger partial charge in [0.05, 0.1) is 13.2 Å². The van der Waals surface area contributed by atoms with Gasteiger partial charge in [0.1, 0.15) is 5.56 Å². The summed E-state index contributed by atoms with van der Waals surface area (Å²) in [6, 6.07) is 0.466. The van der Waals surface area contributed by atoms with E-state index in [2.05, 4.69) is 4.74 Å². The van der Waals surface area contributed by atoms with Gasteiger partial charge in [-0.15, -0.1) is 0 Å². The highest BCUT2D eigenvalue weighted by Gasteiger charge is 2.25. The number of carbonyl (C=O) groups is 1. The zero-order valence-electron chi connectivity index (χ0n) is 10.9. The maximum absolute atomic E-state index is 13.8. The highest BCUT2D eigenvalue weighted by Crippen LogP contribution is 2.27. The Kier molecular flexibility index (Phi) is 5.20. The van der Waals surface area contributed by atoms with Gasteiger partial charge in [0.2, 0.25) is 5.82 Å². The van der Waals surface area contributed by atoms with Crippen molar-refractivity contribution in [1.82, 2.24) is 0 Å².